The molecule has 1 aromatic heterocycles. The van der Waals surface area contributed by atoms with Crippen molar-refractivity contribution >= 4 is 40.8 Å². The third kappa shape index (κ3) is 4.83. The van der Waals surface area contributed by atoms with Gasteiger partial charge in [0.1, 0.15) is 5.82 Å². The molecule has 4 N–H and O–H groups in total. The molecule has 0 unspecified atom stereocenters. The number of aromatic nitrogens is 1. The Morgan fingerprint density at radius 2 is 2.09 bits per heavy atom. The molecule has 0 spiro atoms. The van der Waals surface area contributed by atoms with Gasteiger partial charge in [0, 0.05) is 29.7 Å². The Balaban J connectivity index is 0.00000192. The third-order valence-electron chi connectivity index (χ3n) is 4.35. The molecule has 2 aromatic rings. The molecule has 23 heavy (non-hydrogen) atoms. The first-order valence-electron chi connectivity index (χ1n) is 8.04. The first-order valence-corrected chi connectivity index (χ1v) is 8.04. The van der Waals surface area contributed by atoms with Gasteiger partial charge in [0.05, 0.1) is 0 Å². The molecule has 0 saturated heterocycles. The predicted molar refractivity (Wildman–Crippen MR) is 104 cm³/mol. The van der Waals surface area contributed by atoms with Crippen LogP contribution in [0.3, 0.4) is 0 Å². The van der Waals surface area contributed by atoms with Crippen molar-refractivity contribution in [2.24, 2.45) is 10.7 Å². The minimum Gasteiger partial charge on any atom is -0.370 e. The number of H-pyrrole nitrogens is 1. The summed E-state index contributed by atoms with van der Waals surface area (Å²) in [5, 5.41) is 4.37. The van der Waals surface area contributed by atoms with Crippen molar-refractivity contribution in [2.45, 2.75) is 44.6 Å². The van der Waals surface area contributed by atoms with Crippen LogP contribution in [0.25, 0.3) is 10.9 Å². The predicted octanol–water partition coefficient (Wildman–Crippen LogP) is 3.70. The van der Waals surface area contributed by atoms with Crippen LogP contribution in [0.1, 0.15) is 37.7 Å². The highest BCUT2D eigenvalue weighted by atomic mass is 127. The summed E-state index contributed by atoms with van der Waals surface area (Å²) in [5.74, 6) is 0.317. The van der Waals surface area contributed by atoms with E-state index in [4.69, 9.17) is 5.73 Å². The molecule has 1 aromatic carbocycles. The van der Waals surface area contributed by atoms with E-state index >= 15 is 0 Å². The first-order chi connectivity index (χ1) is 10.7. The maximum atomic E-state index is 13.2. The number of aliphatic imine (C=N–C) groups is 1. The molecule has 0 bridgehead atoms. The molecule has 0 radical (unpaired) electrons. The highest BCUT2D eigenvalue weighted by Crippen LogP contribution is 2.20. The van der Waals surface area contributed by atoms with Crippen LogP contribution in [-0.2, 0) is 6.42 Å². The van der Waals surface area contributed by atoms with Crippen molar-refractivity contribution in [1.29, 1.82) is 0 Å². The number of rotatable bonds is 4. The van der Waals surface area contributed by atoms with Crippen LogP contribution in [0.15, 0.2) is 29.4 Å². The van der Waals surface area contributed by atoms with E-state index in [1.165, 1.54) is 44.2 Å². The van der Waals surface area contributed by atoms with Crippen LogP contribution in [0.5, 0.6) is 0 Å². The van der Waals surface area contributed by atoms with Gasteiger partial charge in [0.15, 0.2) is 5.96 Å². The second-order valence-corrected chi connectivity index (χ2v) is 6.00. The quantitative estimate of drug-likeness (QED) is 0.394. The maximum Gasteiger partial charge on any atom is 0.188 e. The highest BCUT2D eigenvalue weighted by molar-refractivity contribution is 14.0. The Hall–Kier alpha value is -1.31. The molecule has 0 atom stereocenters. The zero-order valence-corrected chi connectivity index (χ0v) is 15.5. The van der Waals surface area contributed by atoms with Crippen molar-refractivity contribution in [1.82, 2.24) is 10.3 Å². The van der Waals surface area contributed by atoms with Gasteiger partial charge in [-0.1, -0.05) is 19.3 Å². The van der Waals surface area contributed by atoms with Crippen LogP contribution >= 0.6 is 24.0 Å². The van der Waals surface area contributed by atoms with E-state index in [0.717, 1.165) is 22.9 Å². The number of nitrogens with zero attached hydrogens (tertiary/aromatic N) is 1. The SMILES string of the molecule is I.NC(=NCCc1c[nH]c2cc(F)ccc12)NC1CCCCC1. The van der Waals surface area contributed by atoms with Crippen molar-refractivity contribution in [3.63, 3.8) is 0 Å². The first kappa shape index (κ1) is 18.0. The van der Waals surface area contributed by atoms with Crippen molar-refractivity contribution < 1.29 is 4.39 Å². The highest BCUT2D eigenvalue weighted by Gasteiger charge is 2.13. The van der Waals surface area contributed by atoms with Crippen LogP contribution in [-0.4, -0.2) is 23.5 Å². The van der Waals surface area contributed by atoms with Gasteiger partial charge in [-0.3, -0.25) is 4.99 Å². The zero-order chi connectivity index (χ0) is 15.4. The fourth-order valence-corrected chi connectivity index (χ4v) is 3.16. The number of hydrogen-bond donors (Lipinski definition) is 3. The Labute approximate surface area is 153 Å². The van der Waals surface area contributed by atoms with E-state index in [9.17, 15) is 4.39 Å². The molecule has 1 fully saturated rings. The lowest BCUT2D eigenvalue weighted by atomic mass is 9.96. The van der Waals surface area contributed by atoms with Gasteiger partial charge in [0.25, 0.3) is 0 Å². The lowest BCUT2D eigenvalue weighted by Gasteiger charge is -2.23. The third-order valence-corrected chi connectivity index (χ3v) is 4.35. The molecule has 6 heteroatoms. The van der Waals surface area contributed by atoms with Gasteiger partial charge in [-0.15, -0.1) is 24.0 Å². The van der Waals surface area contributed by atoms with Crippen LogP contribution < -0.4 is 11.1 Å². The number of hydrogen-bond acceptors (Lipinski definition) is 1. The van der Waals surface area contributed by atoms with Crippen molar-refractivity contribution in [2.75, 3.05) is 6.54 Å². The topological polar surface area (TPSA) is 66.2 Å². The Morgan fingerprint density at radius 3 is 2.87 bits per heavy atom. The fourth-order valence-electron chi connectivity index (χ4n) is 3.16. The van der Waals surface area contributed by atoms with Crippen molar-refractivity contribution in [3.8, 4) is 0 Å². The van der Waals surface area contributed by atoms with E-state index in [2.05, 4.69) is 15.3 Å². The fraction of sp³-hybridized carbons (Fsp3) is 0.471. The van der Waals surface area contributed by atoms with E-state index in [-0.39, 0.29) is 29.8 Å². The number of nitrogens with one attached hydrogen (secondary N) is 2. The molecule has 126 valence electrons. The summed E-state index contributed by atoms with van der Waals surface area (Å²) in [6.45, 7) is 0.635. The summed E-state index contributed by atoms with van der Waals surface area (Å²) in [4.78, 5) is 7.51. The average Bonchev–Trinajstić information content (AvgIpc) is 2.90. The zero-order valence-electron chi connectivity index (χ0n) is 13.1. The monoisotopic (exact) mass is 430 g/mol. The number of halogens is 2. The standard InChI is InChI=1S/C17H23FN4.HI/c18-13-6-7-15-12(11-21-16(15)10-13)8-9-20-17(19)22-14-4-2-1-3-5-14;/h6-7,10-11,14,21H,1-5,8-9H2,(H3,19,20,22);1H. The van der Waals surface area contributed by atoms with E-state index < -0.39 is 0 Å². The average molecular weight is 430 g/mol. The van der Waals surface area contributed by atoms with Gasteiger partial charge in [-0.2, -0.15) is 0 Å². The molecular formula is C17H24FIN4. The number of benzene rings is 1. The van der Waals surface area contributed by atoms with Crippen LogP contribution in [0, 0.1) is 5.82 Å². The second kappa shape index (κ2) is 8.52. The maximum absolute atomic E-state index is 13.2. The Kier molecular flexibility index (Phi) is 6.68. The number of fused-ring (bicyclic) bond motifs is 1. The van der Waals surface area contributed by atoms with Gasteiger partial charge in [-0.25, -0.2) is 4.39 Å². The van der Waals surface area contributed by atoms with Gasteiger partial charge in [-0.05, 0) is 43.0 Å². The molecule has 3 rings (SSSR count). The summed E-state index contributed by atoms with van der Waals surface area (Å²) in [6, 6.07) is 5.29. The van der Waals surface area contributed by atoms with Gasteiger partial charge < -0.3 is 16.0 Å². The molecule has 0 amide bonds. The molecule has 0 aliphatic heterocycles. The van der Waals surface area contributed by atoms with Gasteiger partial charge >= 0.3 is 0 Å². The molecule has 4 nitrogen and oxygen atoms in total. The summed E-state index contributed by atoms with van der Waals surface area (Å²) in [7, 11) is 0. The summed E-state index contributed by atoms with van der Waals surface area (Å²) >= 11 is 0. The van der Waals surface area contributed by atoms with Crippen LogP contribution in [0.2, 0.25) is 0 Å². The number of guanidine groups is 1. The normalized spacial score (nSPS) is 16.3. The second-order valence-electron chi connectivity index (χ2n) is 6.00. The van der Waals surface area contributed by atoms with E-state index in [0.29, 0.717) is 18.5 Å². The molecule has 1 aliphatic rings. The molecule has 1 saturated carbocycles. The summed E-state index contributed by atoms with van der Waals surface area (Å²) in [5.41, 5.74) is 7.93. The molecule has 1 heterocycles. The number of nitrogens with two attached hydrogens (primary N) is 1. The van der Waals surface area contributed by atoms with Gasteiger partial charge in [0.2, 0.25) is 0 Å². The smallest absolute Gasteiger partial charge is 0.188 e. The Morgan fingerprint density at radius 1 is 1.30 bits per heavy atom. The van der Waals surface area contributed by atoms with Crippen molar-refractivity contribution in [3.05, 3.63) is 35.8 Å². The lowest BCUT2D eigenvalue weighted by Crippen LogP contribution is -2.41. The minimum atomic E-state index is -0.222. The summed E-state index contributed by atoms with van der Waals surface area (Å²) < 4.78 is 13.2. The lowest BCUT2D eigenvalue weighted by molar-refractivity contribution is 0.412. The Bertz CT molecular complexity index is 662. The molecular weight excluding hydrogens is 406 g/mol. The molecule has 1 aliphatic carbocycles. The van der Waals surface area contributed by atoms with E-state index in [1.54, 1.807) is 0 Å². The largest absolute Gasteiger partial charge is 0.370 e. The number of aromatic amines is 1. The minimum absolute atomic E-state index is 0. The van der Waals surface area contributed by atoms with E-state index in [1.807, 2.05) is 12.3 Å². The van der Waals surface area contributed by atoms with Crippen LogP contribution in [0.4, 0.5) is 4.39 Å². The summed E-state index contributed by atoms with van der Waals surface area (Å²) in [6.07, 6.45) is 8.96.